The second-order valence-electron chi connectivity index (χ2n) is 8.80. The Kier molecular flexibility index (Phi) is 6.88. The van der Waals surface area contributed by atoms with Gasteiger partial charge in [-0.15, -0.1) is 11.3 Å². The molecule has 3 aromatic rings. The van der Waals surface area contributed by atoms with Crippen LogP contribution in [0.2, 0.25) is 0 Å². The Morgan fingerprint density at radius 1 is 1.12 bits per heavy atom. The molecule has 0 aliphatic heterocycles. The van der Waals surface area contributed by atoms with Crippen molar-refractivity contribution in [2.45, 2.75) is 53.4 Å². The largest absolute Gasteiger partial charge is 0.478 e. The molecule has 1 aliphatic carbocycles. The lowest BCUT2D eigenvalue weighted by Gasteiger charge is -2.11. The van der Waals surface area contributed by atoms with E-state index < -0.39 is 5.97 Å². The molecule has 2 heterocycles. The average molecular weight is 479 g/mol. The van der Waals surface area contributed by atoms with Crippen molar-refractivity contribution in [2.75, 3.05) is 11.9 Å². The molecule has 4 rings (SSSR count). The molecule has 0 saturated carbocycles. The quantitative estimate of drug-likeness (QED) is 0.332. The third kappa shape index (κ3) is 4.77. The molecule has 0 atom stereocenters. The van der Waals surface area contributed by atoms with Gasteiger partial charge in [-0.3, -0.25) is 4.79 Å². The number of carboxylic acid groups (broad SMARTS) is 1. The van der Waals surface area contributed by atoms with Gasteiger partial charge >= 0.3 is 5.97 Å². The van der Waals surface area contributed by atoms with Gasteiger partial charge in [-0.25, -0.2) is 10.2 Å². The number of carboxylic acids is 1. The standard InChI is InChI=1S/C26H30N4O3S/c1-15-9-10-20(11-16(15)2)27-14-23(31)29-28-13-19-12-17(3)30(18(19)4)25-24(26(32)33)21-7-5-6-8-22(21)34-25/h9-13,27H,5-8,14H2,1-4H3,(H,29,31)(H,32,33). The molecular weight excluding hydrogens is 448 g/mol. The van der Waals surface area contributed by atoms with E-state index in [1.54, 1.807) is 17.6 Å². The molecule has 1 aliphatic rings. The summed E-state index contributed by atoms with van der Waals surface area (Å²) in [6.45, 7) is 8.10. The van der Waals surface area contributed by atoms with E-state index in [9.17, 15) is 14.7 Å². The van der Waals surface area contributed by atoms with E-state index in [1.165, 1.54) is 10.4 Å². The molecule has 34 heavy (non-hydrogen) atoms. The summed E-state index contributed by atoms with van der Waals surface area (Å²) in [7, 11) is 0. The number of rotatable bonds is 7. The van der Waals surface area contributed by atoms with Gasteiger partial charge in [0.1, 0.15) is 5.00 Å². The molecule has 0 fully saturated rings. The SMILES string of the molecule is Cc1ccc(NCC(=O)NN=Cc2cc(C)n(-c3sc4c(c3C(=O)O)CCCC4)c2C)cc1C. The fourth-order valence-corrected chi connectivity index (χ4v) is 5.90. The maximum absolute atomic E-state index is 12.2. The van der Waals surface area contributed by atoms with Gasteiger partial charge in [-0.1, -0.05) is 6.07 Å². The number of carbonyl (C=O) groups excluding carboxylic acids is 1. The van der Waals surface area contributed by atoms with Gasteiger partial charge in [-0.2, -0.15) is 5.10 Å². The highest BCUT2D eigenvalue weighted by atomic mass is 32.1. The zero-order chi connectivity index (χ0) is 24.4. The number of aromatic carboxylic acids is 1. The molecule has 0 saturated heterocycles. The van der Waals surface area contributed by atoms with Crippen LogP contribution in [0, 0.1) is 27.7 Å². The maximum atomic E-state index is 12.2. The van der Waals surface area contributed by atoms with E-state index in [2.05, 4.69) is 15.8 Å². The smallest absolute Gasteiger partial charge is 0.339 e. The van der Waals surface area contributed by atoms with Crippen molar-refractivity contribution in [3.63, 3.8) is 0 Å². The van der Waals surface area contributed by atoms with Crippen molar-refractivity contribution in [1.82, 2.24) is 9.99 Å². The van der Waals surface area contributed by atoms with Gasteiger partial charge in [0, 0.05) is 27.5 Å². The fraction of sp³-hybridized carbons (Fsp3) is 0.346. The first kappa shape index (κ1) is 23.8. The van der Waals surface area contributed by atoms with Gasteiger partial charge < -0.3 is 15.0 Å². The number of thiophene rings is 1. The minimum absolute atomic E-state index is 0.113. The zero-order valence-electron chi connectivity index (χ0n) is 20.0. The highest BCUT2D eigenvalue weighted by molar-refractivity contribution is 7.15. The van der Waals surface area contributed by atoms with Crippen LogP contribution >= 0.6 is 11.3 Å². The lowest BCUT2D eigenvalue weighted by atomic mass is 9.95. The molecule has 7 nitrogen and oxygen atoms in total. The summed E-state index contributed by atoms with van der Waals surface area (Å²) in [5.41, 5.74) is 9.89. The molecule has 0 radical (unpaired) electrons. The van der Waals surface area contributed by atoms with Crippen molar-refractivity contribution in [3.05, 3.63) is 68.3 Å². The fourth-order valence-electron chi connectivity index (χ4n) is 4.41. The van der Waals surface area contributed by atoms with Crippen LogP contribution in [0.25, 0.3) is 5.00 Å². The van der Waals surface area contributed by atoms with E-state index in [4.69, 9.17) is 0 Å². The molecule has 0 spiro atoms. The molecule has 0 bridgehead atoms. The summed E-state index contributed by atoms with van der Waals surface area (Å²) < 4.78 is 2.00. The molecule has 2 aromatic heterocycles. The first-order chi connectivity index (χ1) is 16.3. The molecule has 8 heteroatoms. The van der Waals surface area contributed by atoms with E-state index >= 15 is 0 Å². The monoisotopic (exact) mass is 478 g/mol. The number of fused-ring (bicyclic) bond motifs is 1. The number of nitrogens with zero attached hydrogens (tertiary/aromatic N) is 2. The van der Waals surface area contributed by atoms with Gasteiger partial charge in [-0.05, 0) is 88.3 Å². The minimum Gasteiger partial charge on any atom is -0.478 e. The Morgan fingerprint density at radius 2 is 1.88 bits per heavy atom. The van der Waals surface area contributed by atoms with Gasteiger partial charge in [0.05, 0.1) is 18.3 Å². The topological polar surface area (TPSA) is 95.7 Å². The first-order valence-electron chi connectivity index (χ1n) is 11.5. The van der Waals surface area contributed by atoms with Crippen LogP contribution in [-0.2, 0) is 17.6 Å². The molecule has 0 unspecified atom stereocenters. The van der Waals surface area contributed by atoms with Crippen LogP contribution in [0.3, 0.4) is 0 Å². The third-order valence-corrected chi connectivity index (χ3v) is 7.67. The first-order valence-corrected chi connectivity index (χ1v) is 12.3. The maximum Gasteiger partial charge on any atom is 0.339 e. The van der Waals surface area contributed by atoms with Crippen molar-refractivity contribution in [3.8, 4) is 5.00 Å². The number of aryl methyl sites for hydroxylation is 4. The number of benzene rings is 1. The molecule has 178 valence electrons. The predicted octanol–water partition coefficient (Wildman–Crippen LogP) is 4.91. The molecule has 1 aromatic carbocycles. The normalized spacial score (nSPS) is 13.2. The summed E-state index contributed by atoms with van der Waals surface area (Å²) >= 11 is 1.58. The van der Waals surface area contributed by atoms with Crippen LogP contribution < -0.4 is 10.7 Å². The number of hydrogen-bond acceptors (Lipinski definition) is 5. The number of anilines is 1. The van der Waals surface area contributed by atoms with Crippen molar-refractivity contribution in [2.24, 2.45) is 5.10 Å². The van der Waals surface area contributed by atoms with Crippen LogP contribution in [0.4, 0.5) is 5.69 Å². The van der Waals surface area contributed by atoms with Crippen LogP contribution in [0.1, 0.15) is 61.7 Å². The van der Waals surface area contributed by atoms with E-state index in [0.717, 1.165) is 64.4 Å². The molecular formula is C26H30N4O3S. The van der Waals surface area contributed by atoms with Crippen LogP contribution in [-0.4, -0.2) is 34.3 Å². The summed E-state index contributed by atoms with van der Waals surface area (Å²) in [6.07, 6.45) is 5.51. The molecule has 1 amide bonds. The summed E-state index contributed by atoms with van der Waals surface area (Å²) in [5.74, 6) is -1.12. The minimum atomic E-state index is -0.874. The van der Waals surface area contributed by atoms with E-state index in [0.29, 0.717) is 5.56 Å². The lowest BCUT2D eigenvalue weighted by molar-refractivity contribution is -0.119. The average Bonchev–Trinajstić information content (AvgIpc) is 3.31. The van der Waals surface area contributed by atoms with Crippen LogP contribution in [0.5, 0.6) is 0 Å². The highest BCUT2D eigenvalue weighted by Crippen LogP contribution is 2.38. The highest BCUT2D eigenvalue weighted by Gasteiger charge is 2.27. The van der Waals surface area contributed by atoms with Crippen molar-refractivity contribution < 1.29 is 14.7 Å². The van der Waals surface area contributed by atoms with Crippen LogP contribution in [0.15, 0.2) is 29.4 Å². The zero-order valence-corrected chi connectivity index (χ0v) is 20.8. The Balaban J connectivity index is 1.48. The number of nitrogens with one attached hydrogen (secondary N) is 2. The third-order valence-electron chi connectivity index (χ3n) is 6.39. The number of aromatic nitrogens is 1. The summed E-state index contributed by atoms with van der Waals surface area (Å²) in [6, 6.07) is 7.93. The number of amides is 1. The van der Waals surface area contributed by atoms with E-state index in [-0.39, 0.29) is 12.5 Å². The summed E-state index contributed by atoms with van der Waals surface area (Å²) in [5, 5.41) is 17.9. The van der Waals surface area contributed by atoms with Crippen molar-refractivity contribution in [1.29, 1.82) is 0 Å². The Bertz CT molecular complexity index is 1290. The Morgan fingerprint density at radius 3 is 2.62 bits per heavy atom. The Hall–Kier alpha value is -3.39. The van der Waals surface area contributed by atoms with Gasteiger partial charge in [0.2, 0.25) is 0 Å². The summed E-state index contributed by atoms with van der Waals surface area (Å²) in [4.78, 5) is 25.5. The number of hydrogen-bond donors (Lipinski definition) is 3. The number of hydrazone groups is 1. The Labute approximate surface area is 203 Å². The lowest BCUT2D eigenvalue weighted by Crippen LogP contribution is -2.25. The van der Waals surface area contributed by atoms with E-state index in [1.807, 2.05) is 56.5 Å². The van der Waals surface area contributed by atoms with Gasteiger partial charge in [0.15, 0.2) is 0 Å². The predicted molar refractivity (Wildman–Crippen MR) is 137 cm³/mol. The second kappa shape index (κ2) is 9.85. The van der Waals surface area contributed by atoms with Gasteiger partial charge in [0.25, 0.3) is 5.91 Å². The second-order valence-corrected chi connectivity index (χ2v) is 9.89. The molecule has 3 N–H and O–H groups in total. The number of carbonyl (C=O) groups is 2. The van der Waals surface area contributed by atoms with Crippen molar-refractivity contribution >= 4 is 35.1 Å².